The van der Waals surface area contributed by atoms with Crippen LogP contribution in [0.25, 0.3) is 0 Å². The number of unbranched alkanes of at least 4 members (excludes halogenated alkanes) is 1. The van der Waals surface area contributed by atoms with Crippen molar-refractivity contribution in [3.8, 4) is 11.5 Å². The predicted molar refractivity (Wildman–Crippen MR) is 91.9 cm³/mol. The Balaban J connectivity index is 2.58. The van der Waals surface area contributed by atoms with Gasteiger partial charge in [-0.15, -0.1) is 0 Å². The van der Waals surface area contributed by atoms with Crippen LogP contribution in [0.1, 0.15) is 38.7 Å². The molecule has 0 radical (unpaired) electrons. The summed E-state index contributed by atoms with van der Waals surface area (Å²) in [6, 6.07) is 6.00. The summed E-state index contributed by atoms with van der Waals surface area (Å²) in [6.45, 7) is 6.58. The Morgan fingerprint density at radius 2 is 1.95 bits per heavy atom. The molecule has 5 heteroatoms. The van der Waals surface area contributed by atoms with Crippen LogP contribution in [0.15, 0.2) is 23.2 Å². The van der Waals surface area contributed by atoms with E-state index < -0.39 is 0 Å². The fourth-order valence-electron chi connectivity index (χ4n) is 1.94. The molecule has 2 N–H and O–H groups in total. The van der Waals surface area contributed by atoms with Crippen molar-refractivity contribution < 1.29 is 9.47 Å². The van der Waals surface area contributed by atoms with Crippen LogP contribution in [0, 0.1) is 0 Å². The molecule has 0 spiro atoms. The second-order valence-corrected chi connectivity index (χ2v) is 5.04. The van der Waals surface area contributed by atoms with Gasteiger partial charge in [-0.1, -0.05) is 26.3 Å². The Kier molecular flexibility index (Phi) is 8.88. The van der Waals surface area contributed by atoms with Crippen molar-refractivity contribution in [1.29, 1.82) is 0 Å². The van der Waals surface area contributed by atoms with Crippen molar-refractivity contribution in [2.24, 2.45) is 4.99 Å². The highest BCUT2D eigenvalue weighted by Gasteiger charge is 2.06. The number of guanidine groups is 1. The Hall–Kier alpha value is -1.91. The molecule has 0 unspecified atom stereocenters. The van der Waals surface area contributed by atoms with Crippen LogP contribution >= 0.6 is 0 Å². The lowest BCUT2D eigenvalue weighted by Gasteiger charge is -2.14. The summed E-state index contributed by atoms with van der Waals surface area (Å²) in [5.41, 5.74) is 1.12. The monoisotopic (exact) mass is 307 g/mol. The number of methoxy groups -OCH3 is 1. The van der Waals surface area contributed by atoms with Crippen molar-refractivity contribution in [3.63, 3.8) is 0 Å². The molecule has 1 rings (SSSR count). The van der Waals surface area contributed by atoms with Crippen LogP contribution in [0.5, 0.6) is 11.5 Å². The molecule has 0 saturated carbocycles. The van der Waals surface area contributed by atoms with Crippen LogP contribution < -0.4 is 20.1 Å². The lowest BCUT2D eigenvalue weighted by Crippen LogP contribution is -2.37. The van der Waals surface area contributed by atoms with Crippen molar-refractivity contribution >= 4 is 5.96 Å². The zero-order valence-electron chi connectivity index (χ0n) is 14.2. The molecular formula is C17H29N3O2. The van der Waals surface area contributed by atoms with Gasteiger partial charge in [0.1, 0.15) is 0 Å². The molecule has 0 aliphatic heterocycles. The first kappa shape index (κ1) is 18.1. The highest BCUT2D eigenvalue weighted by atomic mass is 16.5. The minimum absolute atomic E-state index is 0.691. The first-order valence-electron chi connectivity index (χ1n) is 7.99. The summed E-state index contributed by atoms with van der Waals surface area (Å²) in [7, 11) is 3.44. The van der Waals surface area contributed by atoms with Crippen molar-refractivity contribution in [2.75, 3.05) is 27.3 Å². The van der Waals surface area contributed by atoms with Gasteiger partial charge < -0.3 is 20.1 Å². The van der Waals surface area contributed by atoms with Crippen LogP contribution in [-0.2, 0) is 6.54 Å². The fraction of sp³-hybridized carbons (Fsp3) is 0.588. The smallest absolute Gasteiger partial charge is 0.191 e. The molecule has 0 atom stereocenters. The zero-order valence-corrected chi connectivity index (χ0v) is 14.2. The molecule has 0 heterocycles. The van der Waals surface area contributed by atoms with E-state index in [4.69, 9.17) is 9.47 Å². The Bertz CT molecular complexity index is 461. The van der Waals surface area contributed by atoms with Crippen LogP contribution in [-0.4, -0.2) is 33.3 Å². The fourth-order valence-corrected chi connectivity index (χ4v) is 1.94. The normalized spacial score (nSPS) is 11.2. The third kappa shape index (κ3) is 6.24. The van der Waals surface area contributed by atoms with Gasteiger partial charge >= 0.3 is 0 Å². The molecule has 0 aromatic heterocycles. The lowest BCUT2D eigenvalue weighted by atomic mass is 10.2. The second-order valence-electron chi connectivity index (χ2n) is 5.04. The standard InChI is InChI=1S/C17H29N3O2/c1-5-7-10-19-17(18-3)20-13-14-8-9-15(22-11-6-2)16(12-14)21-4/h8-9,12H,5-7,10-11,13H2,1-4H3,(H2,18,19,20). The van der Waals surface area contributed by atoms with Gasteiger partial charge in [-0.2, -0.15) is 0 Å². The van der Waals surface area contributed by atoms with Gasteiger partial charge in [-0.3, -0.25) is 4.99 Å². The largest absolute Gasteiger partial charge is 0.493 e. The van der Waals surface area contributed by atoms with Crippen LogP contribution in [0.3, 0.4) is 0 Å². The maximum absolute atomic E-state index is 5.66. The molecule has 124 valence electrons. The number of aliphatic imine (C=N–C) groups is 1. The van der Waals surface area contributed by atoms with Gasteiger partial charge in [0.15, 0.2) is 17.5 Å². The quantitative estimate of drug-likeness (QED) is 0.418. The number of nitrogens with one attached hydrogen (secondary N) is 2. The van der Waals surface area contributed by atoms with E-state index >= 15 is 0 Å². The first-order chi connectivity index (χ1) is 10.7. The van der Waals surface area contributed by atoms with Gasteiger partial charge in [0.25, 0.3) is 0 Å². The van der Waals surface area contributed by atoms with E-state index in [2.05, 4.69) is 29.5 Å². The van der Waals surface area contributed by atoms with E-state index in [0.717, 1.165) is 42.4 Å². The summed E-state index contributed by atoms with van der Waals surface area (Å²) in [6.07, 6.45) is 3.28. The highest BCUT2D eigenvalue weighted by molar-refractivity contribution is 5.79. The topological polar surface area (TPSA) is 54.9 Å². The molecule has 0 amide bonds. The SMILES string of the molecule is CCCCNC(=NC)NCc1ccc(OCCC)c(OC)c1. The van der Waals surface area contributed by atoms with E-state index in [1.807, 2.05) is 18.2 Å². The van der Waals surface area contributed by atoms with E-state index in [-0.39, 0.29) is 0 Å². The number of rotatable bonds is 9. The van der Waals surface area contributed by atoms with Gasteiger partial charge in [0.2, 0.25) is 0 Å². The van der Waals surface area contributed by atoms with Crippen LogP contribution in [0.4, 0.5) is 0 Å². The minimum Gasteiger partial charge on any atom is -0.493 e. The minimum atomic E-state index is 0.691. The molecule has 1 aromatic carbocycles. The summed E-state index contributed by atoms with van der Waals surface area (Å²) in [5, 5.41) is 6.59. The van der Waals surface area contributed by atoms with E-state index in [0.29, 0.717) is 13.2 Å². The van der Waals surface area contributed by atoms with E-state index in [9.17, 15) is 0 Å². The Morgan fingerprint density at radius 1 is 1.14 bits per heavy atom. The molecule has 0 aliphatic carbocycles. The molecule has 0 saturated heterocycles. The summed E-state index contributed by atoms with van der Waals surface area (Å²) >= 11 is 0. The molecular weight excluding hydrogens is 278 g/mol. The van der Waals surface area contributed by atoms with Gasteiger partial charge in [0.05, 0.1) is 13.7 Å². The maximum atomic E-state index is 5.66. The lowest BCUT2D eigenvalue weighted by molar-refractivity contribution is 0.294. The number of benzene rings is 1. The van der Waals surface area contributed by atoms with Gasteiger partial charge in [0, 0.05) is 20.1 Å². The molecule has 0 fully saturated rings. The zero-order chi connectivity index (χ0) is 16.2. The first-order valence-corrected chi connectivity index (χ1v) is 7.99. The van der Waals surface area contributed by atoms with Crippen molar-refractivity contribution in [1.82, 2.24) is 10.6 Å². The molecule has 22 heavy (non-hydrogen) atoms. The summed E-state index contributed by atoms with van der Waals surface area (Å²) < 4.78 is 11.1. The second kappa shape index (κ2) is 10.8. The molecule has 5 nitrogen and oxygen atoms in total. The predicted octanol–water partition coefficient (Wildman–Crippen LogP) is 2.95. The van der Waals surface area contributed by atoms with Gasteiger partial charge in [-0.25, -0.2) is 0 Å². The number of hydrogen-bond donors (Lipinski definition) is 2. The average Bonchev–Trinajstić information content (AvgIpc) is 2.56. The molecule has 1 aromatic rings. The van der Waals surface area contributed by atoms with E-state index in [1.54, 1.807) is 14.2 Å². The summed E-state index contributed by atoms with van der Waals surface area (Å²) in [5.74, 6) is 2.37. The molecule has 0 bridgehead atoms. The third-order valence-corrected chi connectivity index (χ3v) is 3.20. The van der Waals surface area contributed by atoms with Crippen LogP contribution in [0.2, 0.25) is 0 Å². The number of nitrogens with zero attached hydrogens (tertiary/aromatic N) is 1. The maximum Gasteiger partial charge on any atom is 0.191 e. The molecule has 0 aliphatic rings. The third-order valence-electron chi connectivity index (χ3n) is 3.20. The van der Waals surface area contributed by atoms with Crippen molar-refractivity contribution in [2.45, 2.75) is 39.7 Å². The number of hydrogen-bond acceptors (Lipinski definition) is 3. The van der Waals surface area contributed by atoms with Gasteiger partial charge in [-0.05, 0) is 30.5 Å². The average molecular weight is 307 g/mol. The number of ether oxygens (including phenoxy) is 2. The summed E-state index contributed by atoms with van der Waals surface area (Å²) in [4.78, 5) is 4.21. The highest BCUT2D eigenvalue weighted by Crippen LogP contribution is 2.28. The van der Waals surface area contributed by atoms with Crippen molar-refractivity contribution in [3.05, 3.63) is 23.8 Å². The van der Waals surface area contributed by atoms with E-state index in [1.165, 1.54) is 6.42 Å². The Morgan fingerprint density at radius 3 is 2.59 bits per heavy atom. The Labute approximate surface area is 134 Å².